The molecule has 0 aromatic heterocycles. The Balaban J connectivity index is 1.65. The maximum atomic E-state index is 11.7. The molecule has 0 unspecified atom stereocenters. The minimum Gasteiger partial charge on any atom is -0.469 e. The molecule has 1 saturated carbocycles. The first-order chi connectivity index (χ1) is 13.2. The largest absolute Gasteiger partial charge is 0.469 e. The van der Waals surface area contributed by atoms with E-state index < -0.39 is 0 Å². The van der Waals surface area contributed by atoms with Gasteiger partial charge in [0.1, 0.15) is 6.29 Å². The van der Waals surface area contributed by atoms with Gasteiger partial charge in [0.25, 0.3) is 0 Å². The fraction of sp³-hybridized carbons (Fsp3) is 0.478. The van der Waals surface area contributed by atoms with Crippen molar-refractivity contribution >= 4 is 12.3 Å². The van der Waals surface area contributed by atoms with Crippen molar-refractivity contribution in [2.45, 2.75) is 38.2 Å². The van der Waals surface area contributed by atoms with E-state index in [0.29, 0.717) is 13.0 Å². The van der Waals surface area contributed by atoms with Crippen molar-refractivity contribution in [2.75, 3.05) is 13.7 Å². The predicted molar refractivity (Wildman–Crippen MR) is 103 cm³/mol. The lowest BCUT2D eigenvalue weighted by atomic mass is 9.74. The van der Waals surface area contributed by atoms with Gasteiger partial charge < -0.3 is 14.3 Å². The second kappa shape index (κ2) is 9.01. The summed E-state index contributed by atoms with van der Waals surface area (Å²) >= 11 is 0. The Morgan fingerprint density at radius 1 is 1.33 bits per heavy atom. The first-order valence-corrected chi connectivity index (χ1v) is 9.55. The molecule has 4 atom stereocenters. The quantitative estimate of drug-likeness (QED) is 0.243. The van der Waals surface area contributed by atoms with Crippen molar-refractivity contribution in [3.8, 4) is 11.8 Å². The van der Waals surface area contributed by atoms with Gasteiger partial charge in [0, 0.05) is 17.9 Å². The van der Waals surface area contributed by atoms with Crippen LogP contribution >= 0.6 is 0 Å². The molecule has 27 heavy (non-hydrogen) atoms. The first-order valence-electron chi connectivity index (χ1n) is 9.55. The molecule has 0 amide bonds. The van der Waals surface area contributed by atoms with E-state index in [2.05, 4.69) is 28.7 Å². The molecule has 4 heteroatoms. The van der Waals surface area contributed by atoms with Crippen LogP contribution in [0.5, 0.6) is 0 Å². The minimum absolute atomic E-state index is 0.00898. The normalized spacial score (nSPS) is 28.7. The van der Waals surface area contributed by atoms with Gasteiger partial charge in [-0.2, -0.15) is 0 Å². The summed E-state index contributed by atoms with van der Waals surface area (Å²) in [5.41, 5.74) is 0.740. The van der Waals surface area contributed by atoms with E-state index >= 15 is 0 Å². The maximum Gasteiger partial charge on any atom is 0.305 e. The summed E-state index contributed by atoms with van der Waals surface area (Å²) in [7, 11) is 1.41. The van der Waals surface area contributed by atoms with Gasteiger partial charge >= 0.3 is 5.97 Å². The minimum atomic E-state index is -0.248. The third kappa shape index (κ3) is 4.48. The smallest absolute Gasteiger partial charge is 0.305 e. The van der Waals surface area contributed by atoms with E-state index in [4.69, 9.17) is 4.74 Å². The molecular weight excluding hydrogens is 340 g/mol. The predicted octanol–water partition coefficient (Wildman–Crippen LogP) is 3.55. The Morgan fingerprint density at radius 3 is 2.89 bits per heavy atom. The van der Waals surface area contributed by atoms with Crippen LogP contribution in [0.4, 0.5) is 0 Å². The van der Waals surface area contributed by atoms with Crippen LogP contribution in [0.3, 0.4) is 0 Å². The lowest BCUT2D eigenvalue weighted by molar-refractivity contribution is -0.140. The summed E-state index contributed by atoms with van der Waals surface area (Å²) in [4.78, 5) is 22.8. The van der Waals surface area contributed by atoms with Gasteiger partial charge in [0.15, 0.2) is 0 Å². The summed E-state index contributed by atoms with van der Waals surface area (Å²) in [6.45, 7) is 0.600. The summed E-state index contributed by atoms with van der Waals surface area (Å²) in [6.07, 6.45) is 8.94. The highest BCUT2D eigenvalue weighted by atomic mass is 16.5. The van der Waals surface area contributed by atoms with Crippen LogP contribution in [0.1, 0.15) is 37.7 Å². The molecule has 0 radical (unpaired) electrons. The number of benzene rings is 1. The number of hydrogen-bond donors (Lipinski definition) is 0. The SMILES string of the molecule is COC(=O)CCCC=CC[C@H]1[C@H](C=O)[C@@H]2C[C@@]1(C#Cc1ccccc1)CO2. The Kier molecular flexibility index (Phi) is 6.47. The Hall–Kier alpha value is -2.38. The van der Waals surface area contributed by atoms with Gasteiger partial charge in [-0.05, 0) is 43.7 Å². The molecule has 2 aliphatic rings. The van der Waals surface area contributed by atoms with Crippen molar-refractivity contribution in [3.05, 3.63) is 48.0 Å². The van der Waals surface area contributed by atoms with Crippen molar-refractivity contribution in [2.24, 2.45) is 17.3 Å². The Morgan fingerprint density at radius 2 is 2.15 bits per heavy atom. The zero-order chi connectivity index (χ0) is 19.1. The number of allylic oxidation sites excluding steroid dienone is 2. The average molecular weight is 366 g/mol. The molecule has 142 valence electrons. The fourth-order valence-electron chi connectivity index (χ4n) is 4.16. The van der Waals surface area contributed by atoms with Crippen LogP contribution in [0, 0.1) is 29.1 Å². The van der Waals surface area contributed by atoms with Gasteiger partial charge in [-0.3, -0.25) is 4.79 Å². The number of fused-ring (bicyclic) bond motifs is 2. The van der Waals surface area contributed by atoms with Crippen LogP contribution in [-0.4, -0.2) is 32.1 Å². The van der Waals surface area contributed by atoms with Crippen molar-refractivity contribution < 1.29 is 19.1 Å². The molecule has 1 aliphatic carbocycles. The molecule has 1 heterocycles. The average Bonchev–Trinajstić information content (AvgIpc) is 3.26. The van der Waals surface area contributed by atoms with E-state index in [1.807, 2.05) is 30.3 Å². The monoisotopic (exact) mass is 366 g/mol. The van der Waals surface area contributed by atoms with E-state index in [9.17, 15) is 9.59 Å². The summed E-state index contributed by atoms with van der Waals surface area (Å²) in [6, 6.07) is 9.93. The molecule has 2 bridgehead atoms. The van der Waals surface area contributed by atoms with Crippen LogP contribution in [-0.2, 0) is 19.1 Å². The topological polar surface area (TPSA) is 52.6 Å². The van der Waals surface area contributed by atoms with Crippen LogP contribution in [0.2, 0.25) is 0 Å². The summed E-state index contributed by atoms with van der Waals surface area (Å²) in [5, 5.41) is 0. The van der Waals surface area contributed by atoms with Gasteiger partial charge in [-0.15, -0.1) is 0 Å². The first kappa shape index (κ1) is 19.4. The molecule has 0 spiro atoms. The number of esters is 1. The Labute approximate surface area is 160 Å². The summed E-state index contributed by atoms with van der Waals surface area (Å²) < 4.78 is 10.5. The second-order valence-corrected chi connectivity index (χ2v) is 7.32. The highest BCUT2D eigenvalue weighted by Gasteiger charge is 2.57. The maximum absolute atomic E-state index is 11.7. The highest BCUT2D eigenvalue weighted by molar-refractivity contribution is 5.69. The molecule has 3 rings (SSSR count). The van der Waals surface area contributed by atoms with Crippen molar-refractivity contribution in [3.63, 3.8) is 0 Å². The number of unbranched alkanes of at least 4 members (excludes halogenated alkanes) is 1. The van der Waals surface area contributed by atoms with E-state index in [0.717, 1.165) is 37.5 Å². The van der Waals surface area contributed by atoms with Gasteiger partial charge in [-0.1, -0.05) is 42.2 Å². The number of rotatable bonds is 7. The highest BCUT2D eigenvalue weighted by Crippen LogP contribution is 2.54. The van der Waals surface area contributed by atoms with Gasteiger partial charge in [-0.25, -0.2) is 0 Å². The standard InChI is InChI=1S/C23H26O4/c1-26-22(25)12-8-3-2-7-11-20-19(16-24)21-15-23(20,17-27-21)14-13-18-9-5-4-6-10-18/h2,4-7,9-10,16,19-21H,3,8,11-12,15,17H2,1H3/t19-,20-,21-,23-/m0/s1. The Bertz CT molecular complexity index is 743. The number of ether oxygens (including phenoxy) is 2. The van der Waals surface area contributed by atoms with Gasteiger partial charge in [0.05, 0.1) is 25.2 Å². The number of carbonyl (C=O) groups is 2. The van der Waals surface area contributed by atoms with Crippen LogP contribution in [0.15, 0.2) is 42.5 Å². The lowest BCUT2D eigenvalue weighted by Crippen LogP contribution is -2.36. The van der Waals surface area contributed by atoms with E-state index in [-0.39, 0.29) is 29.3 Å². The molecule has 4 nitrogen and oxygen atoms in total. The van der Waals surface area contributed by atoms with Crippen molar-refractivity contribution in [1.82, 2.24) is 0 Å². The molecule has 0 N–H and O–H groups in total. The van der Waals surface area contributed by atoms with Crippen LogP contribution in [0.25, 0.3) is 0 Å². The summed E-state index contributed by atoms with van der Waals surface area (Å²) in [5.74, 6) is 6.66. The van der Waals surface area contributed by atoms with E-state index in [1.165, 1.54) is 7.11 Å². The number of carbonyl (C=O) groups excluding carboxylic acids is 2. The lowest BCUT2D eigenvalue weighted by Gasteiger charge is -2.32. The molecule has 1 aromatic carbocycles. The number of hydrogen-bond acceptors (Lipinski definition) is 4. The van der Waals surface area contributed by atoms with Crippen molar-refractivity contribution in [1.29, 1.82) is 0 Å². The molecule has 2 fully saturated rings. The van der Waals surface area contributed by atoms with Crippen LogP contribution < -0.4 is 0 Å². The second-order valence-electron chi connectivity index (χ2n) is 7.32. The zero-order valence-electron chi connectivity index (χ0n) is 15.7. The molecule has 1 saturated heterocycles. The van der Waals surface area contributed by atoms with Gasteiger partial charge in [0.2, 0.25) is 0 Å². The molecule has 1 aliphatic heterocycles. The van der Waals surface area contributed by atoms with E-state index in [1.54, 1.807) is 0 Å². The molecule has 1 aromatic rings. The number of aldehydes is 1. The third-order valence-corrected chi connectivity index (χ3v) is 5.65. The zero-order valence-corrected chi connectivity index (χ0v) is 15.7. The fourth-order valence-corrected chi connectivity index (χ4v) is 4.16. The molecular formula is C23H26O4. The number of methoxy groups -OCH3 is 1. The third-order valence-electron chi connectivity index (χ3n) is 5.65.